The summed E-state index contributed by atoms with van der Waals surface area (Å²) in [6.07, 6.45) is 0. The molecule has 0 heterocycles. The molecular formula is C13H10Br2FNO. The quantitative estimate of drug-likeness (QED) is 0.802. The van der Waals surface area contributed by atoms with Gasteiger partial charge in [0, 0.05) is 15.7 Å². The topological polar surface area (TPSA) is 35.2 Å². The number of benzene rings is 2. The highest BCUT2D eigenvalue weighted by Crippen LogP contribution is 2.31. The predicted octanol–water partition coefficient (Wildman–Crippen LogP) is 4.51. The Bertz CT molecular complexity index is 573. The molecule has 2 nitrogen and oxygen atoms in total. The van der Waals surface area contributed by atoms with Gasteiger partial charge in [-0.15, -0.1) is 0 Å². The number of hydrogen-bond acceptors (Lipinski definition) is 2. The SMILES string of the molecule is Nc1cccc(OCc2cc(F)ccc2Br)c1Br. The van der Waals surface area contributed by atoms with Crippen molar-refractivity contribution < 1.29 is 9.13 Å². The molecule has 0 fully saturated rings. The number of rotatable bonds is 3. The van der Waals surface area contributed by atoms with Crippen LogP contribution in [0.25, 0.3) is 0 Å². The zero-order valence-corrected chi connectivity index (χ0v) is 12.5. The zero-order valence-electron chi connectivity index (χ0n) is 9.29. The van der Waals surface area contributed by atoms with Crippen LogP contribution < -0.4 is 10.5 Å². The van der Waals surface area contributed by atoms with Crippen molar-refractivity contribution in [2.45, 2.75) is 6.61 Å². The van der Waals surface area contributed by atoms with Gasteiger partial charge in [0.2, 0.25) is 0 Å². The first-order valence-corrected chi connectivity index (χ1v) is 6.77. The third-order valence-corrected chi connectivity index (χ3v) is 4.01. The molecule has 2 rings (SSSR count). The van der Waals surface area contributed by atoms with Crippen LogP contribution in [0.5, 0.6) is 5.75 Å². The van der Waals surface area contributed by atoms with Gasteiger partial charge in [-0.1, -0.05) is 22.0 Å². The standard InChI is InChI=1S/C13H10Br2FNO/c14-10-5-4-9(16)6-8(10)7-18-12-3-1-2-11(17)13(12)15/h1-6H,7,17H2. The Hall–Kier alpha value is -1.07. The Kier molecular flexibility index (Phi) is 4.24. The van der Waals surface area contributed by atoms with Crippen LogP contribution >= 0.6 is 31.9 Å². The van der Waals surface area contributed by atoms with Crippen molar-refractivity contribution in [1.29, 1.82) is 0 Å². The van der Waals surface area contributed by atoms with Gasteiger partial charge >= 0.3 is 0 Å². The molecule has 0 radical (unpaired) electrons. The first-order valence-electron chi connectivity index (χ1n) is 5.18. The molecule has 0 unspecified atom stereocenters. The van der Waals surface area contributed by atoms with E-state index in [-0.39, 0.29) is 12.4 Å². The first-order chi connectivity index (χ1) is 8.58. The van der Waals surface area contributed by atoms with E-state index < -0.39 is 0 Å². The minimum absolute atomic E-state index is 0.264. The first kappa shape index (κ1) is 13.4. The van der Waals surface area contributed by atoms with Crippen LogP contribution in [-0.4, -0.2) is 0 Å². The van der Waals surface area contributed by atoms with Gasteiger partial charge in [0.1, 0.15) is 18.2 Å². The summed E-state index contributed by atoms with van der Waals surface area (Å²) in [4.78, 5) is 0. The number of nitrogens with two attached hydrogens (primary N) is 1. The van der Waals surface area contributed by atoms with Crippen LogP contribution in [0.1, 0.15) is 5.56 Å². The van der Waals surface area contributed by atoms with Gasteiger partial charge in [-0.3, -0.25) is 0 Å². The fourth-order valence-corrected chi connectivity index (χ4v) is 2.19. The molecule has 0 bridgehead atoms. The summed E-state index contributed by atoms with van der Waals surface area (Å²) in [5.74, 6) is 0.342. The van der Waals surface area contributed by atoms with Crippen molar-refractivity contribution in [3.8, 4) is 5.75 Å². The van der Waals surface area contributed by atoms with Crippen LogP contribution in [0.15, 0.2) is 45.3 Å². The monoisotopic (exact) mass is 373 g/mol. The van der Waals surface area contributed by atoms with Gasteiger partial charge in [0.25, 0.3) is 0 Å². The van der Waals surface area contributed by atoms with Crippen molar-refractivity contribution >= 4 is 37.5 Å². The van der Waals surface area contributed by atoms with Crippen molar-refractivity contribution in [2.75, 3.05) is 5.73 Å². The summed E-state index contributed by atoms with van der Waals surface area (Å²) < 4.78 is 20.2. The molecule has 0 saturated heterocycles. The maximum atomic E-state index is 13.1. The highest BCUT2D eigenvalue weighted by atomic mass is 79.9. The lowest BCUT2D eigenvalue weighted by Gasteiger charge is -2.10. The molecular weight excluding hydrogens is 365 g/mol. The summed E-state index contributed by atoms with van der Waals surface area (Å²) in [5.41, 5.74) is 7.09. The van der Waals surface area contributed by atoms with Gasteiger partial charge < -0.3 is 10.5 Å². The Morgan fingerprint density at radius 1 is 1.17 bits per heavy atom. The largest absolute Gasteiger partial charge is 0.488 e. The molecule has 0 aliphatic carbocycles. The summed E-state index contributed by atoms with van der Waals surface area (Å²) in [6, 6.07) is 9.86. The van der Waals surface area contributed by atoms with Crippen LogP contribution in [0.2, 0.25) is 0 Å². The minimum atomic E-state index is -0.288. The van der Waals surface area contributed by atoms with E-state index in [0.29, 0.717) is 15.9 Å². The van der Waals surface area contributed by atoms with E-state index in [1.807, 2.05) is 0 Å². The fourth-order valence-electron chi connectivity index (χ4n) is 1.45. The molecule has 5 heteroatoms. The van der Waals surface area contributed by atoms with Crippen LogP contribution in [0.4, 0.5) is 10.1 Å². The van der Waals surface area contributed by atoms with Gasteiger partial charge in [0.05, 0.1) is 4.47 Å². The Labute approximate surface area is 121 Å². The minimum Gasteiger partial charge on any atom is -0.488 e. The average molecular weight is 375 g/mol. The van der Waals surface area contributed by atoms with Crippen LogP contribution in [0, 0.1) is 5.82 Å². The molecule has 94 valence electrons. The van der Waals surface area contributed by atoms with E-state index in [1.165, 1.54) is 12.1 Å². The van der Waals surface area contributed by atoms with Crippen LogP contribution in [0.3, 0.4) is 0 Å². The number of hydrogen-bond donors (Lipinski definition) is 1. The number of halogens is 3. The molecule has 0 saturated carbocycles. The molecule has 0 atom stereocenters. The second kappa shape index (κ2) is 5.71. The van der Waals surface area contributed by atoms with Crippen molar-refractivity contribution in [3.63, 3.8) is 0 Å². The lowest BCUT2D eigenvalue weighted by atomic mass is 10.2. The lowest BCUT2D eigenvalue weighted by molar-refractivity contribution is 0.303. The van der Waals surface area contributed by atoms with E-state index in [2.05, 4.69) is 31.9 Å². The maximum Gasteiger partial charge on any atom is 0.136 e. The Morgan fingerprint density at radius 2 is 1.94 bits per heavy atom. The highest BCUT2D eigenvalue weighted by molar-refractivity contribution is 9.11. The fraction of sp³-hybridized carbons (Fsp3) is 0.0769. The Balaban J connectivity index is 2.16. The summed E-state index contributed by atoms with van der Waals surface area (Å²) >= 11 is 6.70. The molecule has 0 aliphatic rings. The smallest absolute Gasteiger partial charge is 0.136 e. The third-order valence-electron chi connectivity index (χ3n) is 2.38. The third kappa shape index (κ3) is 3.03. The molecule has 0 aromatic heterocycles. The molecule has 2 N–H and O–H groups in total. The van der Waals surface area contributed by atoms with Crippen molar-refractivity contribution in [2.24, 2.45) is 0 Å². The van der Waals surface area contributed by atoms with Gasteiger partial charge in [0.15, 0.2) is 0 Å². The second-order valence-electron chi connectivity index (χ2n) is 3.68. The molecule has 18 heavy (non-hydrogen) atoms. The van der Waals surface area contributed by atoms with Gasteiger partial charge in [-0.05, 0) is 46.3 Å². The van der Waals surface area contributed by atoms with E-state index >= 15 is 0 Å². The van der Waals surface area contributed by atoms with Crippen molar-refractivity contribution in [3.05, 3.63) is 56.7 Å². The zero-order chi connectivity index (χ0) is 13.1. The van der Waals surface area contributed by atoms with E-state index in [9.17, 15) is 4.39 Å². The predicted molar refractivity (Wildman–Crippen MR) is 77.0 cm³/mol. The van der Waals surface area contributed by atoms with E-state index in [1.54, 1.807) is 24.3 Å². The van der Waals surface area contributed by atoms with E-state index in [0.717, 1.165) is 10.0 Å². The number of anilines is 1. The lowest BCUT2D eigenvalue weighted by Crippen LogP contribution is -1.99. The van der Waals surface area contributed by atoms with E-state index in [4.69, 9.17) is 10.5 Å². The van der Waals surface area contributed by atoms with Crippen LogP contribution in [-0.2, 0) is 6.61 Å². The summed E-state index contributed by atoms with van der Waals surface area (Å²) in [5, 5.41) is 0. The second-order valence-corrected chi connectivity index (χ2v) is 5.33. The molecule has 2 aromatic carbocycles. The maximum absolute atomic E-state index is 13.1. The number of nitrogen functional groups attached to an aromatic ring is 1. The van der Waals surface area contributed by atoms with Gasteiger partial charge in [-0.2, -0.15) is 0 Å². The highest BCUT2D eigenvalue weighted by Gasteiger charge is 2.06. The van der Waals surface area contributed by atoms with Crippen molar-refractivity contribution in [1.82, 2.24) is 0 Å². The average Bonchev–Trinajstić information content (AvgIpc) is 2.35. The Morgan fingerprint density at radius 3 is 2.72 bits per heavy atom. The molecule has 0 amide bonds. The molecule has 0 aliphatic heterocycles. The molecule has 2 aromatic rings. The summed E-state index contributed by atoms with van der Waals surface area (Å²) in [6.45, 7) is 0.264. The normalized spacial score (nSPS) is 10.4. The molecule has 0 spiro atoms. The number of ether oxygens (including phenoxy) is 1. The summed E-state index contributed by atoms with van der Waals surface area (Å²) in [7, 11) is 0. The van der Waals surface area contributed by atoms with Gasteiger partial charge in [-0.25, -0.2) is 4.39 Å².